The Bertz CT molecular complexity index is 5230. The van der Waals surface area contributed by atoms with Crippen molar-refractivity contribution in [3.63, 3.8) is 0 Å². The van der Waals surface area contributed by atoms with Crippen molar-refractivity contribution in [2.45, 2.75) is 250 Å². The summed E-state index contributed by atoms with van der Waals surface area (Å²) in [6.07, 6.45) is 4.51. The number of rotatable bonds is 8. The van der Waals surface area contributed by atoms with E-state index < -0.39 is 10.0 Å². The van der Waals surface area contributed by atoms with Crippen molar-refractivity contribution < 1.29 is 40.7 Å². The molecule has 0 radical (unpaired) electrons. The maximum Gasteiger partial charge on any atom is 0.273 e. The molecule has 0 bridgehead atoms. The molecule has 0 spiro atoms. The van der Waals surface area contributed by atoms with Gasteiger partial charge in [0, 0.05) is 56.2 Å². The molecule has 0 fully saturated rings. The minimum absolute atomic E-state index is 0.0657. The van der Waals surface area contributed by atoms with E-state index in [1.54, 1.807) is 76.2 Å². The van der Waals surface area contributed by atoms with Crippen LogP contribution in [0.2, 0.25) is 10.0 Å². The maximum absolute atomic E-state index is 13.5. The number of ether oxygens (including phenoxy) is 3. The zero-order valence-corrected chi connectivity index (χ0v) is 80.6. The third kappa shape index (κ3) is 33.6. The van der Waals surface area contributed by atoms with Gasteiger partial charge in [0.05, 0.1) is 55.0 Å². The molecule has 11 aromatic rings. The van der Waals surface area contributed by atoms with Crippen LogP contribution in [-0.2, 0) is 58.8 Å². The second-order valence-corrected chi connectivity index (χ2v) is 41.5. The first-order chi connectivity index (χ1) is 55.6. The predicted molar refractivity (Wildman–Crippen MR) is 507 cm³/mol. The van der Waals surface area contributed by atoms with Gasteiger partial charge in [-0.15, -0.1) is 0 Å². The van der Waals surface area contributed by atoms with Crippen molar-refractivity contribution in [2.75, 3.05) is 38.4 Å². The SMILES string of the molecule is CC(C)(C)c1c(F)cccc1Cl.CC(C)(C)c1cccc(Cl)c1.CC(C)(C)c1ccccc1-c1ncco1.CC(C)(C)c1ccccc1[N+](=O)[O-].CC(C)(C)c1n[nH]c(=O)c2ccccc12.CCOc1ccccc1C(C)(C)C.COc1cccc(F)c1C(C)(C)C.COc1ccccc1C(C)(C)C.Cc1cccc(N(C)S(C)(=O)=O)c1C(C)(C)C. The van der Waals surface area contributed by atoms with E-state index in [-0.39, 0.29) is 76.5 Å². The molecule has 9 aromatic carbocycles. The van der Waals surface area contributed by atoms with Gasteiger partial charge in [-0.2, -0.15) is 5.10 Å². The topological polar surface area (TPSA) is 180 Å². The highest BCUT2D eigenvalue weighted by molar-refractivity contribution is 7.92. The quantitative estimate of drug-likeness (QED) is 0.113. The third-order valence-electron chi connectivity index (χ3n) is 18.8. The lowest BCUT2D eigenvalue weighted by molar-refractivity contribution is -0.386. The first-order valence-electron chi connectivity index (χ1n) is 40.7. The fourth-order valence-electron chi connectivity index (χ4n) is 12.9. The summed E-state index contributed by atoms with van der Waals surface area (Å²) in [4.78, 5) is 26.1. The van der Waals surface area contributed by atoms with E-state index in [0.29, 0.717) is 33.2 Å². The molecule has 121 heavy (non-hydrogen) atoms. The summed E-state index contributed by atoms with van der Waals surface area (Å²) in [6.45, 7) is 61.2. The van der Waals surface area contributed by atoms with Crippen LogP contribution < -0.4 is 24.1 Å². The summed E-state index contributed by atoms with van der Waals surface area (Å²) in [6, 6.07) is 62.5. The first-order valence-corrected chi connectivity index (χ1v) is 43.3. The number of aryl methyl sites for hydroxylation is 1. The Morgan fingerprint density at radius 1 is 0.488 bits per heavy atom. The van der Waals surface area contributed by atoms with E-state index in [4.69, 9.17) is 41.8 Å². The summed E-state index contributed by atoms with van der Waals surface area (Å²) >= 11 is 11.7. The zero-order chi connectivity index (χ0) is 92.4. The molecule has 0 amide bonds. The first kappa shape index (κ1) is 106. The van der Waals surface area contributed by atoms with Gasteiger partial charge in [0.25, 0.3) is 11.2 Å². The molecule has 0 aliphatic heterocycles. The molecule has 0 saturated heterocycles. The van der Waals surface area contributed by atoms with Crippen LogP contribution in [0.15, 0.2) is 222 Å². The minimum atomic E-state index is -3.22. The Morgan fingerprint density at radius 3 is 1.32 bits per heavy atom. The minimum Gasteiger partial charge on any atom is -0.496 e. The number of oxazole rings is 1. The standard InChI is InChI=1S/C13H21NO2S.C13H15NO.C12H14N2O.C12H18O.C11H15FO.C11H16O.C10H12ClF.C10H13Cl.C10H13NO2/c1-10-8-7-9-11(12(10)13(2,3)4)14(5)17(6,15)16;1-13(2,3)11-7-5-4-6-10(11)12-14-8-9-15-12;1-12(2,3)10-8-6-4-5-7-9(8)11(15)14-13-10;1-5-13-11-9-7-6-8-10(11)12(2,3)4;1-11(2,3)10-8(12)6-5-7-9(10)13-4;1-11(2,3)9-7-5-6-8-10(9)12-4;1-10(2,3)9-7(11)5-4-6-8(9)12;1-10(2,3)8-5-4-6-9(11)7-8;1-10(2,3)8-6-4-5-7-9(8)11(12)13/h7-9H,1-6H3;4-9H,1-3H3;4-7H,1-3H3,(H,14,15);6-9H,5H2,1-4H3;5-7H,1-4H3;5-8H,1-4H3;4-6H,1-3H3;4-7H,1-3H3;4-7H,1-3H3. The van der Waals surface area contributed by atoms with Gasteiger partial charge in [0.2, 0.25) is 15.9 Å². The number of halogens is 4. The lowest BCUT2D eigenvalue weighted by Gasteiger charge is -2.29. The van der Waals surface area contributed by atoms with Crippen LogP contribution in [0.5, 0.6) is 17.2 Å². The summed E-state index contributed by atoms with van der Waals surface area (Å²) in [7, 11) is 1.65. The highest BCUT2D eigenvalue weighted by Gasteiger charge is 2.29. The van der Waals surface area contributed by atoms with Crippen molar-refractivity contribution in [3.05, 3.63) is 311 Å². The van der Waals surface area contributed by atoms with Crippen LogP contribution in [0.1, 0.15) is 250 Å². The number of aromatic amines is 1. The number of para-hydroxylation sites is 3. The smallest absolute Gasteiger partial charge is 0.273 e. The summed E-state index contributed by atoms with van der Waals surface area (Å²) in [5.41, 5.74) is 12.0. The number of nitrogens with zero attached hydrogens (tertiary/aromatic N) is 4. The van der Waals surface area contributed by atoms with E-state index in [1.807, 2.05) is 191 Å². The molecule has 658 valence electrons. The Labute approximate surface area is 733 Å². The van der Waals surface area contributed by atoms with Gasteiger partial charge in [-0.05, 0) is 157 Å². The normalized spacial score (nSPS) is 11.7. The monoisotopic (exact) mass is 1720 g/mol. The Balaban J connectivity index is 0.000000353. The molecular formula is C102H137Cl2F2N5O9S. The van der Waals surface area contributed by atoms with Crippen LogP contribution in [0.4, 0.5) is 20.2 Å². The molecule has 0 atom stereocenters. The highest BCUT2D eigenvalue weighted by atomic mass is 35.5. The summed E-state index contributed by atoms with van der Waals surface area (Å²) in [5, 5.41) is 20.3. The van der Waals surface area contributed by atoms with Gasteiger partial charge in [0.1, 0.15) is 35.1 Å². The highest BCUT2D eigenvalue weighted by Crippen LogP contribution is 2.39. The number of hydrogen-bond acceptors (Lipinski definition) is 11. The van der Waals surface area contributed by atoms with Crippen LogP contribution in [-0.4, -0.2) is 62.7 Å². The molecule has 0 unspecified atom stereocenters. The second-order valence-electron chi connectivity index (χ2n) is 38.6. The number of aromatic nitrogens is 3. The van der Waals surface area contributed by atoms with Gasteiger partial charge < -0.3 is 18.6 Å². The molecule has 0 aliphatic carbocycles. The number of benzene rings is 9. The molecule has 0 saturated carbocycles. The van der Waals surface area contributed by atoms with Gasteiger partial charge >= 0.3 is 0 Å². The lowest BCUT2D eigenvalue weighted by Crippen LogP contribution is -2.28. The number of nitro groups is 1. The zero-order valence-electron chi connectivity index (χ0n) is 78.3. The maximum atomic E-state index is 13.5. The predicted octanol–water partition coefficient (Wildman–Crippen LogP) is 28.4. The Hall–Kier alpha value is -9.68. The van der Waals surface area contributed by atoms with Gasteiger partial charge in [-0.3, -0.25) is 19.2 Å². The molecule has 14 nitrogen and oxygen atoms in total. The van der Waals surface area contributed by atoms with Crippen molar-refractivity contribution in [1.82, 2.24) is 15.2 Å². The number of fused-ring (bicyclic) bond motifs is 1. The van der Waals surface area contributed by atoms with Crippen molar-refractivity contribution >= 4 is 55.4 Å². The number of nitro benzene ring substituents is 1. The van der Waals surface area contributed by atoms with E-state index in [0.717, 1.165) is 62.1 Å². The van der Waals surface area contributed by atoms with Gasteiger partial charge in [0.15, 0.2) is 0 Å². The fourth-order valence-corrected chi connectivity index (χ4v) is 14.1. The van der Waals surface area contributed by atoms with E-state index in [2.05, 4.69) is 170 Å². The van der Waals surface area contributed by atoms with Crippen LogP contribution >= 0.6 is 23.2 Å². The number of methoxy groups -OCH3 is 2. The molecular weight excluding hydrogens is 1580 g/mol. The molecule has 19 heteroatoms. The number of hydrogen-bond donors (Lipinski definition) is 1. The van der Waals surface area contributed by atoms with E-state index in [1.165, 1.54) is 44.9 Å². The largest absolute Gasteiger partial charge is 0.496 e. The molecule has 0 aliphatic rings. The second kappa shape index (κ2) is 44.9. The number of H-pyrrole nitrogens is 1. The molecule has 2 aromatic heterocycles. The molecule has 11 rings (SSSR count). The number of sulfonamides is 1. The lowest BCUT2D eigenvalue weighted by atomic mass is 9.83. The average molecular weight is 1720 g/mol. The summed E-state index contributed by atoms with van der Waals surface area (Å²) < 4.78 is 72.7. The van der Waals surface area contributed by atoms with Crippen LogP contribution in [0.25, 0.3) is 22.2 Å². The van der Waals surface area contributed by atoms with Crippen molar-refractivity contribution in [2.24, 2.45) is 0 Å². The number of anilines is 1. The Kier molecular flexibility index (Phi) is 39.2. The average Bonchev–Trinajstić information content (AvgIpc) is 0.913. The molecule has 1 N–H and O–H groups in total. The van der Waals surface area contributed by atoms with Crippen molar-refractivity contribution in [1.29, 1.82) is 0 Å². The summed E-state index contributed by atoms with van der Waals surface area (Å²) in [5.74, 6) is 2.87. The van der Waals surface area contributed by atoms with E-state index >= 15 is 0 Å². The Morgan fingerprint density at radius 2 is 0.917 bits per heavy atom. The number of nitrogens with one attached hydrogen (secondary N) is 1. The molecule has 2 heterocycles. The van der Waals surface area contributed by atoms with Gasteiger partial charge in [-0.25, -0.2) is 27.3 Å². The van der Waals surface area contributed by atoms with Crippen LogP contribution in [0, 0.1) is 28.7 Å². The van der Waals surface area contributed by atoms with E-state index in [9.17, 15) is 32.1 Å². The third-order valence-corrected chi connectivity index (χ3v) is 20.6. The van der Waals surface area contributed by atoms with Crippen molar-refractivity contribution in [3.8, 4) is 28.7 Å². The van der Waals surface area contributed by atoms with Crippen LogP contribution in [0.3, 0.4) is 0 Å². The van der Waals surface area contributed by atoms with Gasteiger partial charge in [-0.1, -0.05) is 338 Å². The fraction of sp³-hybridized carbons (Fsp3) is 0.422.